The topological polar surface area (TPSA) is 47.6 Å². The normalized spacial score (nSPS) is 24.3. The van der Waals surface area contributed by atoms with Crippen LogP contribution in [0.2, 0.25) is 0 Å². The quantitative estimate of drug-likeness (QED) is 0.378. The summed E-state index contributed by atoms with van der Waals surface area (Å²) in [6.07, 6.45) is 4.48. The van der Waals surface area contributed by atoms with E-state index in [0.717, 1.165) is 25.7 Å². The second-order valence-electron chi connectivity index (χ2n) is 14.3. The molecule has 2 fully saturated rings. The summed E-state index contributed by atoms with van der Waals surface area (Å²) >= 11 is 0. The number of hydrogen-bond donors (Lipinski definition) is 1. The number of ether oxygens (including phenoxy) is 2. The van der Waals surface area contributed by atoms with Crippen molar-refractivity contribution in [2.75, 3.05) is 6.54 Å². The highest BCUT2D eigenvalue weighted by atomic mass is 16.7. The minimum absolute atomic E-state index is 0.0215. The van der Waals surface area contributed by atoms with Gasteiger partial charge in [-0.15, -0.1) is 0 Å². The Morgan fingerprint density at radius 3 is 1.79 bits per heavy atom. The Morgan fingerprint density at radius 1 is 0.795 bits per heavy atom. The Labute approximate surface area is 237 Å². The number of hydrogen-bond acceptors (Lipinski definition) is 4. The predicted octanol–water partition coefficient (Wildman–Crippen LogP) is 8.51. The number of nitrogens with one attached hydrogen (secondary N) is 1. The average molecular weight is 534 g/mol. The Balaban J connectivity index is 1.50. The lowest BCUT2D eigenvalue weighted by molar-refractivity contribution is -0.0350. The van der Waals surface area contributed by atoms with Crippen molar-refractivity contribution in [2.24, 2.45) is 11.8 Å². The molecule has 2 aromatic carbocycles. The van der Waals surface area contributed by atoms with E-state index in [9.17, 15) is 4.79 Å². The van der Waals surface area contributed by atoms with Gasteiger partial charge in [0.2, 0.25) is 0 Å². The molecule has 0 spiro atoms. The summed E-state index contributed by atoms with van der Waals surface area (Å²) in [5.41, 5.74) is 5.46. The lowest BCUT2D eigenvalue weighted by Crippen LogP contribution is -2.34. The molecule has 2 aliphatic rings. The zero-order chi connectivity index (χ0) is 28.4. The number of carbonyl (C=O) groups excluding carboxylic acids is 1. The van der Waals surface area contributed by atoms with Crippen molar-refractivity contribution in [1.29, 1.82) is 0 Å². The van der Waals surface area contributed by atoms with Crippen molar-refractivity contribution < 1.29 is 14.3 Å². The molecule has 1 saturated heterocycles. The van der Waals surface area contributed by atoms with E-state index >= 15 is 0 Å². The van der Waals surface area contributed by atoms with Crippen molar-refractivity contribution in [3.05, 3.63) is 70.8 Å². The summed E-state index contributed by atoms with van der Waals surface area (Å²) in [5.74, 6) is 1.11. The Kier molecular flexibility index (Phi) is 9.15. The first-order valence-electron chi connectivity index (χ1n) is 15.1. The first kappa shape index (κ1) is 29.6. The highest BCUT2D eigenvalue weighted by molar-refractivity contribution is 5.60. The molecule has 1 saturated carbocycles. The van der Waals surface area contributed by atoms with Crippen LogP contribution in [0.4, 0.5) is 4.79 Å². The molecule has 1 aliphatic carbocycles. The zero-order valence-electron chi connectivity index (χ0n) is 25.6. The molecular weight excluding hydrogens is 482 g/mol. The summed E-state index contributed by atoms with van der Waals surface area (Å²) in [6, 6.07) is 18.3. The van der Waals surface area contributed by atoms with E-state index in [4.69, 9.17) is 9.47 Å². The van der Waals surface area contributed by atoms with Gasteiger partial charge in [0.25, 0.3) is 0 Å². The highest BCUT2D eigenvalue weighted by Crippen LogP contribution is 2.36. The first-order chi connectivity index (χ1) is 18.3. The fourth-order valence-electron chi connectivity index (χ4n) is 6.44. The average Bonchev–Trinajstić information content (AvgIpc) is 3.31. The van der Waals surface area contributed by atoms with E-state index in [1.165, 1.54) is 28.7 Å². The van der Waals surface area contributed by atoms with Crippen LogP contribution >= 0.6 is 0 Å². The van der Waals surface area contributed by atoms with Crippen LogP contribution in [0.3, 0.4) is 0 Å². The van der Waals surface area contributed by atoms with E-state index in [0.29, 0.717) is 18.4 Å². The lowest BCUT2D eigenvalue weighted by atomic mass is 9.79. The number of carbonyl (C=O) groups is 1. The van der Waals surface area contributed by atoms with E-state index in [1.54, 1.807) is 0 Å². The van der Waals surface area contributed by atoms with Gasteiger partial charge < -0.3 is 14.8 Å². The van der Waals surface area contributed by atoms with Gasteiger partial charge in [0.05, 0.1) is 0 Å². The van der Waals surface area contributed by atoms with Crippen LogP contribution in [0.15, 0.2) is 48.5 Å². The molecule has 0 amide bonds. The third kappa shape index (κ3) is 7.45. The molecule has 4 unspecified atom stereocenters. The largest absolute Gasteiger partial charge is 0.508 e. The van der Waals surface area contributed by atoms with Gasteiger partial charge in [-0.2, -0.15) is 0 Å². The maximum absolute atomic E-state index is 12.8. The van der Waals surface area contributed by atoms with E-state index in [-0.39, 0.29) is 35.0 Å². The van der Waals surface area contributed by atoms with Gasteiger partial charge in [-0.3, -0.25) is 0 Å². The fraction of sp³-hybridized carbons (Fsp3) is 0.629. The second-order valence-corrected chi connectivity index (χ2v) is 14.3. The third-order valence-corrected chi connectivity index (χ3v) is 8.92. The summed E-state index contributed by atoms with van der Waals surface area (Å²) < 4.78 is 11.8. The van der Waals surface area contributed by atoms with E-state index < -0.39 is 6.16 Å². The van der Waals surface area contributed by atoms with E-state index in [1.807, 2.05) is 0 Å². The summed E-state index contributed by atoms with van der Waals surface area (Å²) in [6.45, 7) is 18.6. The predicted molar refractivity (Wildman–Crippen MR) is 160 cm³/mol. The summed E-state index contributed by atoms with van der Waals surface area (Å²) in [7, 11) is 0. The molecule has 39 heavy (non-hydrogen) atoms. The van der Waals surface area contributed by atoms with Crippen LogP contribution in [0.1, 0.15) is 116 Å². The van der Waals surface area contributed by atoms with Gasteiger partial charge in [-0.1, -0.05) is 110 Å². The summed E-state index contributed by atoms with van der Waals surface area (Å²) in [5, 5.41) is 3.70. The number of rotatable bonds is 6. The molecule has 4 atom stereocenters. The maximum Gasteiger partial charge on any atom is 0.508 e. The molecular formula is C35H51NO3. The molecule has 0 bridgehead atoms. The van der Waals surface area contributed by atoms with Gasteiger partial charge in [0.15, 0.2) is 0 Å². The van der Waals surface area contributed by atoms with Crippen molar-refractivity contribution in [1.82, 2.24) is 5.32 Å². The molecule has 1 N–H and O–H groups in total. The third-order valence-electron chi connectivity index (χ3n) is 8.92. The Bertz CT molecular complexity index is 1020. The second kappa shape index (κ2) is 12.0. The van der Waals surface area contributed by atoms with Crippen LogP contribution in [-0.4, -0.2) is 30.9 Å². The Hall–Kier alpha value is -2.33. The summed E-state index contributed by atoms with van der Waals surface area (Å²) in [4.78, 5) is 12.8. The standard InChI is InChI=1S/C35H51NO3/c1-23(2)29-11-9-10-12-31(29)39-33(37)38-28-21-30(36-22-28)32(24-13-17-26(18-14-24)34(3,4)5)25-15-19-27(20-16-25)35(6,7)8/h13-20,23,28-32,36H,9-12,21-22H2,1-8H3. The molecule has 1 aliphatic heterocycles. The first-order valence-corrected chi connectivity index (χ1v) is 15.1. The molecule has 4 heteroatoms. The van der Waals surface area contributed by atoms with Crippen LogP contribution in [0.25, 0.3) is 0 Å². The smallest absolute Gasteiger partial charge is 0.431 e. The minimum atomic E-state index is -0.499. The van der Waals surface area contributed by atoms with Gasteiger partial charge in [-0.25, -0.2) is 4.79 Å². The highest BCUT2D eigenvalue weighted by Gasteiger charge is 2.36. The van der Waals surface area contributed by atoms with Crippen molar-refractivity contribution in [2.45, 2.75) is 122 Å². The van der Waals surface area contributed by atoms with Gasteiger partial charge in [-0.05, 0) is 64.2 Å². The Morgan fingerprint density at radius 2 is 1.31 bits per heavy atom. The SMILES string of the molecule is CC(C)C1CCCCC1OC(=O)OC1CNC(C(c2ccc(C(C)(C)C)cc2)c2ccc(C(C)(C)C)cc2)C1. The van der Waals surface area contributed by atoms with Crippen LogP contribution in [0, 0.1) is 11.8 Å². The van der Waals surface area contributed by atoms with Gasteiger partial charge in [0, 0.05) is 24.9 Å². The molecule has 4 rings (SSSR count). The van der Waals surface area contributed by atoms with E-state index in [2.05, 4.69) is 109 Å². The van der Waals surface area contributed by atoms with Crippen LogP contribution < -0.4 is 5.32 Å². The zero-order valence-corrected chi connectivity index (χ0v) is 25.6. The van der Waals surface area contributed by atoms with Crippen molar-refractivity contribution >= 4 is 6.16 Å². The molecule has 0 radical (unpaired) electrons. The fourth-order valence-corrected chi connectivity index (χ4v) is 6.44. The molecule has 214 valence electrons. The number of benzene rings is 2. The van der Waals surface area contributed by atoms with Gasteiger partial charge in [0.1, 0.15) is 12.2 Å². The lowest BCUT2D eigenvalue weighted by Gasteiger charge is -2.33. The van der Waals surface area contributed by atoms with Crippen LogP contribution in [0.5, 0.6) is 0 Å². The van der Waals surface area contributed by atoms with Crippen molar-refractivity contribution in [3.8, 4) is 0 Å². The minimum Gasteiger partial charge on any atom is -0.431 e. The molecule has 1 heterocycles. The maximum atomic E-state index is 12.8. The van der Waals surface area contributed by atoms with Gasteiger partial charge >= 0.3 is 6.16 Å². The molecule has 4 nitrogen and oxygen atoms in total. The molecule has 0 aromatic heterocycles. The van der Waals surface area contributed by atoms with Crippen LogP contribution in [-0.2, 0) is 20.3 Å². The molecule has 2 aromatic rings. The monoisotopic (exact) mass is 533 g/mol. The van der Waals surface area contributed by atoms with Crippen molar-refractivity contribution in [3.63, 3.8) is 0 Å².